The zero-order valence-corrected chi connectivity index (χ0v) is 11.0. The largest absolute Gasteiger partial charge is 0.496 e. The molecule has 3 rings (SSSR count). The van der Waals surface area contributed by atoms with Gasteiger partial charge in [-0.15, -0.1) is 0 Å². The average molecular weight is 274 g/mol. The smallest absolute Gasteiger partial charge is 0.265 e. The number of amides is 3. The number of benzene rings is 1. The van der Waals surface area contributed by atoms with Crippen molar-refractivity contribution in [3.8, 4) is 5.75 Å². The van der Waals surface area contributed by atoms with Crippen LogP contribution in [0, 0.1) is 0 Å². The molecule has 6 heteroatoms. The first kappa shape index (κ1) is 12.7. The van der Waals surface area contributed by atoms with Crippen LogP contribution in [0.25, 0.3) is 0 Å². The van der Waals surface area contributed by atoms with E-state index >= 15 is 0 Å². The Morgan fingerprint density at radius 3 is 2.70 bits per heavy atom. The summed E-state index contributed by atoms with van der Waals surface area (Å²) in [4.78, 5) is 37.3. The molecule has 2 aliphatic rings. The van der Waals surface area contributed by atoms with Crippen molar-refractivity contribution in [2.45, 2.75) is 18.9 Å². The first-order valence-electron chi connectivity index (χ1n) is 6.45. The van der Waals surface area contributed by atoms with E-state index in [4.69, 9.17) is 4.74 Å². The van der Waals surface area contributed by atoms with Crippen molar-refractivity contribution >= 4 is 17.7 Å². The van der Waals surface area contributed by atoms with E-state index in [0.717, 1.165) is 0 Å². The summed E-state index contributed by atoms with van der Waals surface area (Å²) in [6.45, 7) is 0.312. The molecule has 1 unspecified atom stereocenters. The molecule has 1 fully saturated rings. The van der Waals surface area contributed by atoms with Gasteiger partial charge in [0.1, 0.15) is 5.75 Å². The first-order valence-corrected chi connectivity index (χ1v) is 6.45. The third kappa shape index (κ3) is 1.76. The lowest BCUT2D eigenvalue weighted by atomic mass is 10.1. The highest BCUT2D eigenvalue weighted by molar-refractivity contribution is 6.22. The molecule has 6 nitrogen and oxygen atoms in total. The lowest BCUT2D eigenvalue weighted by molar-refractivity contribution is -0.123. The molecular weight excluding hydrogens is 260 g/mol. The molecule has 0 aromatic heterocycles. The Labute approximate surface area is 115 Å². The summed E-state index contributed by atoms with van der Waals surface area (Å²) in [5.41, 5.74) is 0.683. The Bertz CT molecular complexity index is 601. The SMILES string of the molecule is COc1cccc2c1C(=O)N(C1CCC(=O)NC1)C2=O. The monoisotopic (exact) mass is 274 g/mol. The lowest BCUT2D eigenvalue weighted by Gasteiger charge is -2.29. The number of hydrogen-bond acceptors (Lipinski definition) is 4. The minimum absolute atomic E-state index is 0.0459. The van der Waals surface area contributed by atoms with E-state index in [9.17, 15) is 14.4 Å². The van der Waals surface area contributed by atoms with E-state index in [1.807, 2.05) is 0 Å². The van der Waals surface area contributed by atoms with Crippen LogP contribution in [-0.2, 0) is 4.79 Å². The Hall–Kier alpha value is -2.37. The number of carbonyl (C=O) groups is 3. The topological polar surface area (TPSA) is 75.7 Å². The summed E-state index contributed by atoms with van der Waals surface area (Å²) in [7, 11) is 1.47. The fourth-order valence-electron chi connectivity index (χ4n) is 2.71. The number of nitrogens with zero attached hydrogens (tertiary/aromatic N) is 1. The van der Waals surface area contributed by atoms with Gasteiger partial charge in [-0.3, -0.25) is 19.3 Å². The predicted molar refractivity (Wildman–Crippen MR) is 69.5 cm³/mol. The summed E-state index contributed by atoms with van der Waals surface area (Å²) in [5.74, 6) is -0.299. The van der Waals surface area contributed by atoms with Crippen LogP contribution in [0.5, 0.6) is 5.75 Å². The van der Waals surface area contributed by atoms with Gasteiger partial charge in [0.2, 0.25) is 5.91 Å². The summed E-state index contributed by atoms with van der Waals surface area (Å²) < 4.78 is 5.16. The van der Waals surface area contributed by atoms with Crippen molar-refractivity contribution in [3.63, 3.8) is 0 Å². The van der Waals surface area contributed by atoms with Gasteiger partial charge in [0, 0.05) is 13.0 Å². The zero-order chi connectivity index (χ0) is 14.3. The zero-order valence-electron chi connectivity index (χ0n) is 11.0. The number of imide groups is 1. The second-order valence-electron chi connectivity index (χ2n) is 4.86. The Morgan fingerprint density at radius 1 is 1.25 bits per heavy atom. The minimum Gasteiger partial charge on any atom is -0.496 e. The number of fused-ring (bicyclic) bond motifs is 1. The van der Waals surface area contributed by atoms with Gasteiger partial charge >= 0.3 is 0 Å². The number of piperidine rings is 1. The summed E-state index contributed by atoms with van der Waals surface area (Å²) in [6.07, 6.45) is 0.828. The molecule has 0 saturated carbocycles. The second-order valence-corrected chi connectivity index (χ2v) is 4.86. The molecule has 104 valence electrons. The molecule has 0 aliphatic carbocycles. The van der Waals surface area contributed by atoms with Gasteiger partial charge in [-0.2, -0.15) is 0 Å². The van der Waals surface area contributed by atoms with E-state index < -0.39 is 0 Å². The normalized spacial score (nSPS) is 21.8. The molecule has 2 heterocycles. The fourth-order valence-corrected chi connectivity index (χ4v) is 2.71. The second kappa shape index (κ2) is 4.63. The Kier molecular flexibility index (Phi) is 2.93. The van der Waals surface area contributed by atoms with Crippen LogP contribution in [0.4, 0.5) is 0 Å². The van der Waals surface area contributed by atoms with Crippen molar-refractivity contribution in [2.75, 3.05) is 13.7 Å². The number of methoxy groups -OCH3 is 1. The molecule has 0 spiro atoms. The van der Waals surface area contributed by atoms with Gasteiger partial charge < -0.3 is 10.1 Å². The molecule has 1 aromatic carbocycles. The molecule has 1 saturated heterocycles. The van der Waals surface area contributed by atoms with Crippen LogP contribution < -0.4 is 10.1 Å². The summed E-state index contributed by atoms with van der Waals surface area (Å²) in [6, 6.07) is 4.69. The molecule has 20 heavy (non-hydrogen) atoms. The number of nitrogens with one attached hydrogen (secondary N) is 1. The Balaban J connectivity index is 1.95. The van der Waals surface area contributed by atoms with Crippen LogP contribution in [0.15, 0.2) is 18.2 Å². The number of rotatable bonds is 2. The first-order chi connectivity index (χ1) is 9.63. The summed E-state index contributed by atoms with van der Waals surface area (Å²) in [5, 5.41) is 2.69. The molecule has 3 amide bonds. The average Bonchev–Trinajstić information content (AvgIpc) is 2.72. The molecule has 0 bridgehead atoms. The number of hydrogen-bond donors (Lipinski definition) is 1. The van der Waals surface area contributed by atoms with Crippen molar-refractivity contribution in [3.05, 3.63) is 29.3 Å². The molecule has 1 aromatic rings. The molecule has 2 aliphatic heterocycles. The van der Waals surface area contributed by atoms with Crippen LogP contribution in [0.1, 0.15) is 33.6 Å². The van der Waals surface area contributed by atoms with E-state index in [-0.39, 0.29) is 23.8 Å². The van der Waals surface area contributed by atoms with Gasteiger partial charge in [-0.05, 0) is 18.6 Å². The van der Waals surface area contributed by atoms with Gasteiger partial charge in [0.05, 0.1) is 24.3 Å². The molecule has 1 atom stereocenters. The minimum atomic E-state index is -0.344. The standard InChI is InChI=1S/C14H14N2O4/c1-20-10-4-2-3-9-12(10)14(19)16(13(9)18)8-5-6-11(17)15-7-8/h2-4,8H,5-7H2,1H3,(H,15,17). The maximum atomic E-state index is 12.5. The van der Waals surface area contributed by atoms with Gasteiger partial charge in [-0.1, -0.05) is 6.07 Å². The number of carbonyl (C=O) groups excluding carboxylic acids is 3. The van der Waals surface area contributed by atoms with Gasteiger partial charge in [0.25, 0.3) is 11.8 Å². The van der Waals surface area contributed by atoms with Gasteiger partial charge in [0.15, 0.2) is 0 Å². The molecular formula is C14H14N2O4. The Morgan fingerprint density at radius 2 is 2.05 bits per heavy atom. The third-order valence-corrected chi connectivity index (χ3v) is 3.73. The van der Waals surface area contributed by atoms with E-state index in [1.165, 1.54) is 12.0 Å². The highest BCUT2D eigenvalue weighted by Crippen LogP contribution is 2.32. The molecule has 0 radical (unpaired) electrons. The maximum absolute atomic E-state index is 12.5. The van der Waals surface area contributed by atoms with Crippen LogP contribution in [0.2, 0.25) is 0 Å². The van der Waals surface area contributed by atoms with Crippen molar-refractivity contribution < 1.29 is 19.1 Å². The number of ether oxygens (including phenoxy) is 1. The quantitative estimate of drug-likeness (QED) is 0.800. The highest BCUT2D eigenvalue weighted by Gasteiger charge is 2.42. The van der Waals surface area contributed by atoms with Crippen LogP contribution >= 0.6 is 0 Å². The van der Waals surface area contributed by atoms with Gasteiger partial charge in [-0.25, -0.2) is 0 Å². The highest BCUT2D eigenvalue weighted by atomic mass is 16.5. The predicted octanol–water partition coefficient (Wildman–Crippen LogP) is 0.570. The van der Waals surface area contributed by atoms with Crippen LogP contribution in [0.3, 0.4) is 0 Å². The van der Waals surface area contributed by atoms with E-state index in [2.05, 4.69) is 5.32 Å². The van der Waals surface area contributed by atoms with E-state index in [0.29, 0.717) is 36.3 Å². The van der Waals surface area contributed by atoms with Crippen molar-refractivity contribution in [2.24, 2.45) is 0 Å². The molecule has 1 N–H and O–H groups in total. The maximum Gasteiger partial charge on any atom is 0.265 e. The van der Waals surface area contributed by atoms with E-state index in [1.54, 1.807) is 18.2 Å². The fraction of sp³-hybridized carbons (Fsp3) is 0.357. The third-order valence-electron chi connectivity index (χ3n) is 3.73. The lowest BCUT2D eigenvalue weighted by Crippen LogP contribution is -2.50. The van der Waals surface area contributed by atoms with Crippen molar-refractivity contribution in [1.29, 1.82) is 0 Å². The van der Waals surface area contributed by atoms with Crippen LogP contribution in [-0.4, -0.2) is 42.3 Å². The summed E-state index contributed by atoms with van der Waals surface area (Å²) >= 11 is 0. The van der Waals surface area contributed by atoms with Crippen molar-refractivity contribution in [1.82, 2.24) is 10.2 Å².